The van der Waals surface area contributed by atoms with Gasteiger partial charge in [-0.15, -0.1) is 0 Å². The van der Waals surface area contributed by atoms with Crippen LogP contribution in [-0.4, -0.2) is 10.8 Å². The lowest BCUT2D eigenvalue weighted by Crippen LogP contribution is -2.02. The Morgan fingerprint density at radius 1 is 1.19 bits per heavy atom. The van der Waals surface area contributed by atoms with E-state index in [-0.39, 0.29) is 5.85 Å². The number of ether oxygens (including phenoxy) is 2. The molecule has 0 fully saturated rings. The first kappa shape index (κ1) is 14.1. The van der Waals surface area contributed by atoms with Gasteiger partial charge in [0, 0.05) is 6.07 Å². The molecule has 0 aliphatic heterocycles. The molecule has 0 saturated heterocycles. The van der Waals surface area contributed by atoms with Gasteiger partial charge in [0.25, 0.3) is 0 Å². The average Bonchev–Trinajstić information content (AvgIpc) is 2.80. The standard InChI is InChI=1S/C15H15N2O2PS/c1-9(20)18-12-4-2-3-5-13(12)19-10-6-7-11-14(8-10)21-15(16)17-11/h2-9H,20H2,1H3,(H2,16,17). The summed E-state index contributed by atoms with van der Waals surface area (Å²) in [6.07, 6.45) is 0. The summed E-state index contributed by atoms with van der Waals surface area (Å²) in [5.74, 6) is 2.14. The highest BCUT2D eigenvalue weighted by atomic mass is 32.1. The summed E-state index contributed by atoms with van der Waals surface area (Å²) in [5.41, 5.74) is 6.60. The van der Waals surface area contributed by atoms with E-state index in [0.717, 1.165) is 16.0 Å². The number of fused-ring (bicyclic) bond motifs is 1. The number of nitrogens with zero attached hydrogens (tertiary/aromatic N) is 1. The highest BCUT2D eigenvalue weighted by molar-refractivity contribution is 7.22. The van der Waals surface area contributed by atoms with Gasteiger partial charge in [-0.2, -0.15) is 0 Å². The van der Waals surface area contributed by atoms with Crippen LogP contribution in [0.4, 0.5) is 5.13 Å². The van der Waals surface area contributed by atoms with Crippen LogP contribution in [0.3, 0.4) is 0 Å². The molecule has 2 N–H and O–H groups in total. The van der Waals surface area contributed by atoms with Gasteiger partial charge in [-0.05, 0) is 31.2 Å². The Labute approximate surface area is 129 Å². The van der Waals surface area contributed by atoms with Crippen LogP contribution in [0.1, 0.15) is 6.92 Å². The summed E-state index contributed by atoms with van der Waals surface area (Å²) < 4.78 is 12.7. The van der Waals surface area contributed by atoms with Gasteiger partial charge in [-0.3, -0.25) is 0 Å². The Morgan fingerprint density at radius 2 is 1.95 bits per heavy atom. The zero-order chi connectivity index (χ0) is 14.8. The van der Waals surface area contributed by atoms with E-state index in [1.165, 1.54) is 11.3 Å². The normalized spacial score (nSPS) is 12.3. The van der Waals surface area contributed by atoms with Crippen LogP contribution in [0.5, 0.6) is 17.2 Å². The van der Waals surface area contributed by atoms with E-state index >= 15 is 0 Å². The van der Waals surface area contributed by atoms with Crippen molar-refractivity contribution in [2.24, 2.45) is 0 Å². The predicted octanol–water partition coefficient (Wildman–Crippen LogP) is 4.27. The highest BCUT2D eigenvalue weighted by Crippen LogP contribution is 2.34. The highest BCUT2D eigenvalue weighted by Gasteiger charge is 2.09. The third-order valence-corrected chi connectivity index (χ3v) is 3.75. The van der Waals surface area contributed by atoms with Crippen molar-refractivity contribution in [2.75, 3.05) is 5.73 Å². The fourth-order valence-electron chi connectivity index (χ4n) is 1.95. The number of para-hydroxylation sites is 2. The molecule has 4 nitrogen and oxygen atoms in total. The van der Waals surface area contributed by atoms with Crippen molar-refractivity contribution >= 4 is 35.9 Å². The molecule has 2 aromatic carbocycles. The van der Waals surface area contributed by atoms with Crippen LogP contribution in [0.2, 0.25) is 0 Å². The fraction of sp³-hybridized carbons (Fsp3) is 0.133. The topological polar surface area (TPSA) is 57.4 Å². The number of benzene rings is 2. The Kier molecular flexibility index (Phi) is 3.95. The maximum atomic E-state index is 5.93. The Balaban J connectivity index is 1.91. The SMILES string of the molecule is CC(P)Oc1ccccc1Oc1ccc2nc(N)sc2c1. The number of anilines is 1. The second kappa shape index (κ2) is 5.88. The molecule has 6 heteroatoms. The lowest BCUT2D eigenvalue weighted by molar-refractivity contribution is 0.292. The maximum Gasteiger partial charge on any atom is 0.181 e. The monoisotopic (exact) mass is 318 g/mol. The van der Waals surface area contributed by atoms with Gasteiger partial charge >= 0.3 is 0 Å². The summed E-state index contributed by atoms with van der Waals surface area (Å²) in [6.45, 7) is 1.95. The fourth-order valence-corrected chi connectivity index (χ4v) is 2.85. The van der Waals surface area contributed by atoms with E-state index < -0.39 is 0 Å². The minimum absolute atomic E-state index is 0.0125. The summed E-state index contributed by atoms with van der Waals surface area (Å²) in [4.78, 5) is 4.23. The van der Waals surface area contributed by atoms with E-state index in [1.54, 1.807) is 0 Å². The minimum Gasteiger partial charge on any atom is -0.483 e. The van der Waals surface area contributed by atoms with Crippen LogP contribution in [0, 0.1) is 0 Å². The predicted molar refractivity (Wildman–Crippen MR) is 90.3 cm³/mol. The van der Waals surface area contributed by atoms with Gasteiger partial charge in [0.15, 0.2) is 16.6 Å². The van der Waals surface area contributed by atoms with Crippen molar-refractivity contribution in [3.8, 4) is 17.2 Å². The molecule has 0 spiro atoms. The summed E-state index contributed by atoms with van der Waals surface area (Å²) in [6, 6.07) is 13.3. The lowest BCUT2D eigenvalue weighted by atomic mass is 10.3. The van der Waals surface area contributed by atoms with Gasteiger partial charge in [-0.25, -0.2) is 4.98 Å². The zero-order valence-electron chi connectivity index (χ0n) is 11.4. The molecule has 1 aromatic heterocycles. The molecule has 2 unspecified atom stereocenters. The Morgan fingerprint density at radius 3 is 2.71 bits per heavy atom. The molecule has 21 heavy (non-hydrogen) atoms. The molecular weight excluding hydrogens is 303 g/mol. The molecule has 108 valence electrons. The van der Waals surface area contributed by atoms with E-state index in [2.05, 4.69) is 14.2 Å². The largest absolute Gasteiger partial charge is 0.483 e. The van der Waals surface area contributed by atoms with Gasteiger partial charge in [0.05, 0.1) is 10.2 Å². The van der Waals surface area contributed by atoms with Gasteiger partial charge in [0.1, 0.15) is 11.6 Å². The molecule has 0 amide bonds. The minimum atomic E-state index is 0.0125. The first-order valence-electron chi connectivity index (χ1n) is 6.47. The summed E-state index contributed by atoms with van der Waals surface area (Å²) >= 11 is 1.44. The number of hydrogen-bond acceptors (Lipinski definition) is 5. The zero-order valence-corrected chi connectivity index (χ0v) is 13.4. The smallest absolute Gasteiger partial charge is 0.181 e. The number of hydrogen-bond donors (Lipinski definition) is 1. The number of rotatable bonds is 4. The van der Waals surface area contributed by atoms with Crippen molar-refractivity contribution < 1.29 is 9.47 Å². The van der Waals surface area contributed by atoms with Crippen molar-refractivity contribution in [3.05, 3.63) is 42.5 Å². The maximum absolute atomic E-state index is 5.93. The van der Waals surface area contributed by atoms with Crippen LogP contribution >= 0.6 is 20.6 Å². The molecule has 3 rings (SSSR count). The van der Waals surface area contributed by atoms with Gasteiger partial charge < -0.3 is 15.2 Å². The number of thiazole rings is 1. The molecule has 0 bridgehead atoms. The third-order valence-electron chi connectivity index (χ3n) is 2.77. The van der Waals surface area contributed by atoms with Crippen LogP contribution < -0.4 is 15.2 Å². The molecule has 1 heterocycles. The van der Waals surface area contributed by atoms with Gasteiger partial charge in [-0.1, -0.05) is 32.7 Å². The van der Waals surface area contributed by atoms with E-state index in [0.29, 0.717) is 16.6 Å². The molecule has 3 aromatic rings. The first-order valence-corrected chi connectivity index (χ1v) is 7.95. The second-order valence-corrected chi connectivity index (χ2v) is 6.55. The van der Waals surface area contributed by atoms with Crippen molar-refractivity contribution in [2.45, 2.75) is 12.8 Å². The summed E-state index contributed by atoms with van der Waals surface area (Å²) in [5, 5.41) is 0.558. The lowest BCUT2D eigenvalue weighted by Gasteiger charge is -2.14. The Hall–Kier alpha value is -1.84. The summed E-state index contributed by atoms with van der Waals surface area (Å²) in [7, 11) is 2.60. The molecular formula is C15H15N2O2PS. The van der Waals surface area contributed by atoms with Crippen LogP contribution in [0.25, 0.3) is 10.2 Å². The second-order valence-electron chi connectivity index (χ2n) is 4.55. The molecule has 0 radical (unpaired) electrons. The van der Waals surface area contributed by atoms with E-state index in [9.17, 15) is 0 Å². The molecule has 0 aliphatic rings. The van der Waals surface area contributed by atoms with E-state index in [1.807, 2.05) is 49.4 Å². The first-order chi connectivity index (χ1) is 10.1. The third kappa shape index (κ3) is 3.26. The number of nitrogens with two attached hydrogens (primary N) is 1. The molecule has 0 aliphatic carbocycles. The van der Waals surface area contributed by atoms with Crippen LogP contribution in [0.15, 0.2) is 42.5 Å². The molecule has 0 saturated carbocycles. The van der Waals surface area contributed by atoms with Crippen molar-refractivity contribution in [1.29, 1.82) is 0 Å². The molecule has 2 atom stereocenters. The number of nitrogen functional groups attached to an aromatic ring is 1. The van der Waals surface area contributed by atoms with Crippen LogP contribution in [-0.2, 0) is 0 Å². The van der Waals surface area contributed by atoms with Crippen molar-refractivity contribution in [3.63, 3.8) is 0 Å². The Bertz CT molecular complexity index is 773. The number of aromatic nitrogens is 1. The quantitative estimate of drug-likeness (QED) is 0.730. The van der Waals surface area contributed by atoms with E-state index in [4.69, 9.17) is 15.2 Å². The average molecular weight is 318 g/mol. The van der Waals surface area contributed by atoms with Gasteiger partial charge in [0.2, 0.25) is 0 Å². The van der Waals surface area contributed by atoms with Crippen molar-refractivity contribution in [1.82, 2.24) is 4.98 Å².